The van der Waals surface area contributed by atoms with E-state index in [1.54, 1.807) is 36.9 Å². The minimum Gasteiger partial charge on any atom is -0.493 e. The zero-order valence-corrected chi connectivity index (χ0v) is 13.7. The van der Waals surface area contributed by atoms with Gasteiger partial charge in [0.1, 0.15) is 0 Å². The zero-order valence-electron chi connectivity index (χ0n) is 12.0. The second-order valence-corrected chi connectivity index (χ2v) is 6.48. The normalized spacial score (nSPS) is 10.6. The summed E-state index contributed by atoms with van der Waals surface area (Å²) in [5.74, 6) is 1.45. The summed E-state index contributed by atoms with van der Waals surface area (Å²) in [6.07, 6.45) is 0. The minimum atomic E-state index is 0.719. The van der Waals surface area contributed by atoms with Gasteiger partial charge in [-0.3, -0.25) is 0 Å². The molecular weight excluding hydrogens is 302 g/mol. The van der Waals surface area contributed by atoms with Gasteiger partial charge < -0.3 is 9.47 Å². The Morgan fingerprint density at radius 1 is 1.00 bits per heavy atom. The largest absolute Gasteiger partial charge is 0.493 e. The lowest BCUT2D eigenvalue weighted by atomic mass is 10.1. The predicted molar refractivity (Wildman–Crippen MR) is 88.7 cm³/mol. The van der Waals surface area contributed by atoms with Crippen LogP contribution in [0.15, 0.2) is 35.0 Å². The van der Waals surface area contributed by atoms with Gasteiger partial charge in [-0.15, -0.1) is 11.3 Å². The first-order chi connectivity index (χ1) is 10.2. The number of aromatic nitrogens is 1. The monoisotopic (exact) mass is 317 g/mol. The van der Waals surface area contributed by atoms with E-state index >= 15 is 0 Å². The van der Waals surface area contributed by atoms with E-state index in [2.05, 4.69) is 16.8 Å². The molecule has 2 heterocycles. The molecule has 0 atom stereocenters. The van der Waals surface area contributed by atoms with E-state index in [1.165, 1.54) is 10.4 Å². The number of ether oxygens (including phenoxy) is 2. The molecule has 108 valence electrons. The van der Waals surface area contributed by atoms with Gasteiger partial charge in [-0.25, -0.2) is 4.98 Å². The molecule has 0 amide bonds. The van der Waals surface area contributed by atoms with Crippen LogP contribution >= 0.6 is 22.7 Å². The van der Waals surface area contributed by atoms with Gasteiger partial charge in [0, 0.05) is 11.1 Å². The van der Waals surface area contributed by atoms with Crippen molar-refractivity contribution in [1.29, 1.82) is 0 Å². The number of nitrogens with zero attached hydrogens (tertiary/aromatic N) is 1. The fraction of sp³-hybridized carbons (Fsp3) is 0.188. The van der Waals surface area contributed by atoms with Crippen LogP contribution in [0.1, 0.15) is 5.01 Å². The highest BCUT2D eigenvalue weighted by Gasteiger charge is 2.15. The number of thiazole rings is 1. The summed E-state index contributed by atoms with van der Waals surface area (Å²) in [5.41, 5.74) is 3.26. The van der Waals surface area contributed by atoms with Gasteiger partial charge in [0.25, 0.3) is 0 Å². The lowest BCUT2D eigenvalue weighted by molar-refractivity contribution is 0.355. The maximum absolute atomic E-state index is 5.39. The van der Waals surface area contributed by atoms with E-state index in [9.17, 15) is 0 Å². The van der Waals surface area contributed by atoms with Crippen LogP contribution in [-0.4, -0.2) is 19.2 Å². The van der Waals surface area contributed by atoms with E-state index in [1.807, 2.05) is 25.1 Å². The SMILES string of the molecule is COc1ccc(-c2nc(C)sc2-c2ccsc2)cc1OC. The van der Waals surface area contributed by atoms with E-state index < -0.39 is 0 Å². The van der Waals surface area contributed by atoms with E-state index in [-0.39, 0.29) is 0 Å². The Kier molecular flexibility index (Phi) is 3.94. The first-order valence-electron chi connectivity index (χ1n) is 6.45. The molecule has 0 aliphatic rings. The molecule has 3 rings (SSSR count). The molecule has 0 saturated carbocycles. The Balaban J connectivity index is 2.13. The minimum absolute atomic E-state index is 0.719. The summed E-state index contributed by atoms with van der Waals surface area (Å²) in [4.78, 5) is 5.89. The average Bonchev–Trinajstić information content (AvgIpc) is 3.15. The maximum atomic E-state index is 5.39. The molecule has 0 radical (unpaired) electrons. The molecule has 0 bridgehead atoms. The topological polar surface area (TPSA) is 31.4 Å². The maximum Gasteiger partial charge on any atom is 0.161 e. The number of thiophene rings is 1. The standard InChI is InChI=1S/C16H15NO2S2/c1-10-17-15(16(21-10)12-6-7-20-9-12)11-4-5-13(18-2)14(8-11)19-3/h4-9H,1-3H3. The first kappa shape index (κ1) is 14.1. The second kappa shape index (κ2) is 5.87. The van der Waals surface area contributed by atoms with E-state index in [0.29, 0.717) is 0 Å². The zero-order chi connectivity index (χ0) is 14.8. The Morgan fingerprint density at radius 3 is 2.48 bits per heavy atom. The molecule has 0 saturated heterocycles. The van der Waals surface area contributed by atoms with Crippen molar-refractivity contribution in [1.82, 2.24) is 4.98 Å². The summed E-state index contributed by atoms with van der Waals surface area (Å²) < 4.78 is 10.7. The average molecular weight is 317 g/mol. The molecule has 2 aromatic heterocycles. The van der Waals surface area contributed by atoms with Crippen LogP contribution in [0.25, 0.3) is 21.7 Å². The van der Waals surface area contributed by atoms with Gasteiger partial charge in [0.2, 0.25) is 0 Å². The van der Waals surface area contributed by atoms with Crippen LogP contribution < -0.4 is 9.47 Å². The van der Waals surface area contributed by atoms with Gasteiger partial charge in [-0.2, -0.15) is 11.3 Å². The predicted octanol–water partition coefficient (Wildman–Crippen LogP) is 4.86. The van der Waals surface area contributed by atoms with Crippen LogP contribution in [0, 0.1) is 6.92 Å². The smallest absolute Gasteiger partial charge is 0.161 e. The van der Waals surface area contributed by atoms with Crippen LogP contribution in [0.3, 0.4) is 0 Å². The molecule has 0 spiro atoms. The molecule has 3 aromatic rings. The van der Waals surface area contributed by atoms with Crippen LogP contribution in [0.5, 0.6) is 11.5 Å². The number of rotatable bonds is 4. The highest BCUT2D eigenvalue weighted by molar-refractivity contribution is 7.16. The highest BCUT2D eigenvalue weighted by atomic mass is 32.1. The van der Waals surface area contributed by atoms with Crippen molar-refractivity contribution in [2.24, 2.45) is 0 Å². The molecular formula is C16H15NO2S2. The number of aryl methyl sites for hydroxylation is 1. The molecule has 5 heteroatoms. The van der Waals surface area contributed by atoms with Gasteiger partial charge in [0.05, 0.1) is 29.8 Å². The Bertz CT molecular complexity index is 748. The van der Waals surface area contributed by atoms with Crippen molar-refractivity contribution >= 4 is 22.7 Å². The fourth-order valence-electron chi connectivity index (χ4n) is 2.20. The number of benzene rings is 1. The van der Waals surface area contributed by atoms with Crippen molar-refractivity contribution < 1.29 is 9.47 Å². The summed E-state index contributed by atoms with van der Waals surface area (Å²) in [6.45, 7) is 2.03. The quantitative estimate of drug-likeness (QED) is 0.688. The van der Waals surface area contributed by atoms with Gasteiger partial charge in [-0.1, -0.05) is 0 Å². The second-order valence-electron chi connectivity index (χ2n) is 4.49. The lowest BCUT2D eigenvalue weighted by Gasteiger charge is -2.09. The van der Waals surface area contributed by atoms with Crippen molar-refractivity contribution in [3.63, 3.8) is 0 Å². The lowest BCUT2D eigenvalue weighted by Crippen LogP contribution is -1.91. The fourth-order valence-corrected chi connectivity index (χ4v) is 3.85. The molecule has 1 aromatic carbocycles. The third kappa shape index (κ3) is 2.66. The molecule has 3 nitrogen and oxygen atoms in total. The first-order valence-corrected chi connectivity index (χ1v) is 8.21. The summed E-state index contributed by atoms with van der Waals surface area (Å²) in [5, 5.41) is 5.29. The highest BCUT2D eigenvalue weighted by Crippen LogP contribution is 2.40. The molecule has 21 heavy (non-hydrogen) atoms. The van der Waals surface area contributed by atoms with Gasteiger partial charge >= 0.3 is 0 Å². The van der Waals surface area contributed by atoms with Gasteiger partial charge in [-0.05, 0) is 41.9 Å². The summed E-state index contributed by atoms with van der Waals surface area (Å²) in [6, 6.07) is 8.04. The Morgan fingerprint density at radius 2 is 1.81 bits per heavy atom. The van der Waals surface area contributed by atoms with E-state index in [4.69, 9.17) is 14.5 Å². The molecule has 0 aliphatic heterocycles. The number of hydrogen-bond donors (Lipinski definition) is 0. The molecule has 0 aliphatic carbocycles. The van der Waals surface area contributed by atoms with Gasteiger partial charge in [0.15, 0.2) is 11.5 Å². The third-order valence-electron chi connectivity index (χ3n) is 3.17. The summed E-state index contributed by atoms with van der Waals surface area (Å²) >= 11 is 3.41. The molecule has 0 fully saturated rings. The number of hydrogen-bond acceptors (Lipinski definition) is 5. The van der Waals surface area contributed by atoms with Crippen LogP contribution in [0.2, 0.25) is 0 Å². The molecule has 0 N–H and O–H groups in total. The van der Waals surface area contributed by atoms with Crippen molar-refractivity contribution in [2.45, 2.75) is 6.92 Å². The van der Waals surface area contributed by atoms with E-state index in [0.717, 1.165) is 27.8 Å². The van der Waals surface area contributed by atoms with Crippen LogP contribution in [-0.2, 0) is 0 Å². The third-order valence-corrected chi connectivity index (χ3v) is 4.88. The Labute approximate surface area is 131 Å². The molecule has 0 unspecified atom stereocenters. The Hall–Kier alpha value is -1.85. The number of methoxy groups -OCH3 is 2. The van der Waals surface area contributed by atoms with Crippen molar-refractivity contribution in [3.8, 4) is 33.2 Å². The van der Waals surface area contributed by atoms with Crippen molar-refractivity contribution in [2.75, 3.05) is 14.2 Å². The van der Waals surface area contributed by atoms with Crippen molar-refractivity contribution in [3.05, 3.63) is 40.0 Å². The van der Waals surface area contributed by atoms with Crippen LogP contribution in [0.4, 0.5) is 0 Å². The summed E-state index contributed by atoms with van der Waals surface area (Å²) in [7, 11) is 3.29.